The molecule has 1 aliphatic heterocycles. The second-order valence-corrected chi connectivity index (χ2v) is 19.5. The molecule has 3 N–H and O–H groups in total. The third kappa shape index (κ3) is 43.1. The summed E-state index contributed by atoms with van der Waals surface area (Å²) < 4.78 is 28.3. The van der Waals surface area contributed by atoms with Gasteiger partial charge in [-0.1, -0.05) is 205 Å². The number of carboxylic acid groups (broad SMARTS) is 1. The van der Waals surface area contributed by atoms with Gasteiger partial charge in [0.2, 0.25) is 0 Å². The number of aliphatic carboxylic acids is 1. The van der Waals surface area contributed by atoms with E-state index in [1.165, 1.54) is 0 Å². The Bertz CT molecular complexity index is 1930. The molecule has 1 saturated heterocycles. The Morgan fingerprint density at radius 2 is 0.785 bits per heavy atom. The first-order valence-corrected chi connectivity index (χ1v) is 29.8. The highest BCUT2D eigenvalue weighted by Crippen LogP contribution is 2.26. The normalized spacial score (nSPS) is 18.9. The zero-order valence-electron chi connectivity index (χ0n) is 48.5. The smallest absolute Gasteiger partial charge is 0.335 e. The fourth-order valence-corrected chi connectivity index (χ4v) is 7.95. The summed E-state index contributed by atoms with van der Waals surface area (Å²) in [5.41, 5.74) is 0. The molecule has 12 heteroatoms. The number of aliphatic hydroxyl groups is 2. The summed E-state index contributed by atoms with van der Waals surface area (Å²) in [6.45, 7) is 5.56. The first-order chi connectivity index (χ1) is 38.6. The second kappa shape index (κ2) is 53.3. The van der Waals surface area contributed by atoms with E-state index in [1.54, 1.807) is 0 Å². The molecule has 0 aliphatic carbocycles. The summed E-state index contributed by atoms with van der Waals surface area (Å²) in [4.78, 5) is 51.1. The van der Waals surface area contributed by atoms with Crippen LogP contribution < -0.4 is 0 Å². The Hall–Kier alpha value is -5.40. The van der Waals surface area contributed by atoms with Gasteiger partial charge in [0.1, 0.15) is 18.8 Å². The van der Waals surface area contributed by atoms with Crippen molar-refractivity contribution in [2.75, 3.05) is 13.2 Å². The molecule has 79 heavy (non-hydrogen) atoms. The third-order valence-electron chi connectivity index (χ3n) is 12.4. The van der Waals surface area contributed by atoms with E-state index in [0.717, 1.165) is 135 Å². The van der Waals surface area contributed by atoms with Crippen LogP contribution in [-0.4, -0.2) is 89.2 Å². The number of allylic oxidation sites excluding steroid dienone is 24. The average Bonchev–Trinajstić information content (AvgIpc) is 3.44. The minimum Gasteiger partial charge on any atom is -0.479 e. The van der Waals surface area contributed by atoms with Crippen molar-refractivity contribution in [3.8, 4) is 0 Å². The lowest BCUT2D eigenvalue weighted by Gasteiger charge is -2.40. The number of rotatable bonds is 48. The Morgan fingerprint density at radius 1 is 0.418 bits per heavy atom. The number of carbonyl (C=O) groups is 4. The zero-order valence-corrected chi connectivity index (χ0v) is 48.5. The maximum atomic E-state index is 13.2. The molecule has 6 unspecified atom stereocenters. The molecule has 0 saturated carbocycles. The highest BCUT2D eigenvalue weighted by molar-refractivity contribution is 5.74. The number of ether oxygens (including phenoxy) is 5. The lowest BCUT2D eigenvalue weighted by molar-refractivity contribution is -0.301. The number of hydrogen-bond acceptors (Lipinski definition) is 11. The molecule has 442 valence electrons. The molecule has 0 spiro atoms. The summed E-state index contributed by atoms with van der Waals surface area (Å²) in [7, 11) is 0. The molecule has 0 aromatic rings. The monoisotopic (exact) mass is 1100 g/mol. The van der Waals surface area contributed by atoms with Crippen LogP contribution in [0, 0.1) is 0 Å². The summed E-state index contributed by atoms with van der Waals surface area (Å²) in [5.74, 6) is -3.31. The van der Waals surface area contributed by atoms with E-state index >= 15 is 0 Å². The number of aliphatic hydroxyl groups excluding tert-OH is 2. The fourth-order valence-electron chi connectivity index (χ4n) is 7.95. The van der Waals surface area contributed by atoms with Gasteiger partial charge >= 0.3 is 23.9 Å². The molecular weight excluding hydrogens is 997 g/mol. The zero-order chi connectivity index (χ0) is 57.5. The van der Waals surface area contributed by atoms with Crippen LogP contribution in [0.2, 0.25) is 0 Å². The average molecular weight is 1100 g/mol. The predicted molar refractivity (Wildman–Crippen MR) is 321 cm³/mol. The van der Waals surface area contributed by atoms with E-state index in [4.69, 9.17) is 23.7 Å². The Morgan fingerprint density at radius 3 is 1.22 bits per heavy atom. The van der Waals surface area contributed by atoms with Crippen molar-refractivity contribution in [3.63, 3.8) is 0 Å². The third-order valence-corrected chi connectivity index (χ3v) is 12.4. The van der Waals surface area contributed by atoms with Gasteiger partial charge in [-0.05, 0) is 122 Å². The lowest BCUT2D eigenvalue weighted by atomic mass is 9.98. The van der Waals surface area contributed by atoms with Crippen LogP contribution in [0.4, 0.5) is 0 Å². The van der Waals surface area contributed by atoms with Crippen molar-refractivity contribution in [1.82, 2.24) is 0 Å². The minimum atomic E-state index is -1.94. The maximum Gasteiger partial charge on any atom is 0.335 e. The van der Waals surface area contributed by atoms with Gasteiger partial charge in [-0.2, -0.15) is 0 Å². The molecule has 0 amide bonds. The first kappa shape index (κ1) is 71.6. The molecule has 1 fully saturated rings. The van der Waals surface area contributed by atoms with Gasteiger partial charge in [0.25, 0.3) is 0 Å². The van der Waals surface area contributed by atoms with Crippen LogP contribution in [0.5, 0.6) is 0 Å². The first-order valence-electron chi connectivity index (χ1n) is 29.8. The topological polar surface area (TPSA) is 175 Å². The molecule has 0 bridgehead atoms. The van der Waals surface area contributed by atoms with Crippen LogP contribution in [0.25, 0.3) is 0 Å². The van der Waals surface area contributed by atoms with Gasteiger partial charge in [0.05, 0.1) is 6.61 Å². The highest BCUT2D eigenvalue weighted by Gasteiger charge is 2.50. The van der Waals surface area contributed by atoms with E-state index in [0.29, 0.717) is 25.7 Å². The number of carbonyl (C=O) groups excluding carboxylic acids is 3. The van der Waals surface area contributed by atoms with Gasteiger partial charge < -0.3 is 39.0 Å². The highest BCUT2D eigenvalue weighted by atomic mass is 16.7. The largest absolute Gasteiger partial charge is 0.479 e. The molecule has 0 aromatic carbocycles. The van der Waals surface area contributed by atoms with Gasteiger partial charge in [0.15, 0.2) is 24.6 Å². The number of carboxylic acids is 1. The van der Waals surface area contributed by atoms with E-state index in [-0.39, 0.29) is 25.9 Å². The Balaban J connectivity index is 2.76. The standard InChI is InChI=1S/C67H102O12/c1-4-7-10-13-16-19-22-25-27-29-30-32-33-36-38-41-44-47-50-53-59(68)75-56-58(77-60(69)54-51-48-45-42-40-37-34-31-28-26-23-20-17-14-11-8-5-2)57-76-67-65(63(72)62(71)64(79-67)66(73)74)78-61(70)55-52-49-46-43-39-35-24-21-18-15-12-9-6-3/h7-12,16-21,25-28,30,32,35-36,38-39,46,49,58,62-65,67,71-72H,4-6,13-15,22-24,29,31,33-34,37,40-45,47-48,50-57H2,1-3H3,(H,73,74)/b10-7-,11-8-,12-9-,19-16-,20-17-,21-18-,27-25-,28-26-,32-30-,38-36-,39-35-,49-46-. The lowest BCUT2D eigenvalue weighted by Crippen LogP contribution is -2.61. The number of unbranched alkanes of at least 4 members (excludes halogenated alkanes) is 10. The Kier molecular flexibility index (Phi) is 48.3. The van der Waals surface area contributed by atoms with Crippen molar-refractivity contribution < 1.29 is 58.2 Å². The van der Waals surface area contributed by atoms with Crippen molar-refractivity contribution in [3.05, 3.63) is 146 Å². The molecular formula is C67H102O12. The van der Waals surface area contributed by atoms with Crippen LogP contribution in [0.15, 0.2) is 146 Å². The van der Waals surface area contributed by atoms with Crippen molar-refractivity contribution in [1.29, 1.82) is 0 Å². The SMILES string of the molecule is CC/C=C\C/C=C\C/C=C\C/C=C\C/C=C\CCCCCC(=O)OCC(COC1OC(C(=O)O)C(O)C(O)C1OC(=O)CC/C=C\C/C=C\C/C=C\C/C=C\CC)OC(=O)CCCCCCCCC/C=C\C/C=C\C/C=C\CC. The predicted octanol–water partition coefficient (Wildman–Crippen LogP) is 15.6. The van der Waals surface area contributed by atoms with E-state index in [2.05, 4.69) is 148 Å². The van der Waals surface area contributed by atoms with Crippen LogP contribution in [0.3, 0.4) is 0 Å². The number of hydrogen-bond donors (Lipinski definition) is 3. The van der Waals surface area contributed by atoms with Gasteiger partial charge in [0, 0.05) is 19.3 Å². The van der Waals surface area contributed by atoms with Gasteiger partial charge in [-0.3, -0.25) is 14.4 Å². The van der Waals surface area contributed by atoms with Crippen molar-refractivity contribution in [2.45, 2.75) is 237 Å². The minimum absolute atomic E-state index is 0.0735. The summed E-state index contributed by atoms with van der Waals surface area (Å²) in [6, 6.07) is 0. The van der Waals surface area contributed by atoms with Crippen LogP contribution >= 0.6 is 0 Å². The molecule has 1 heterocycles. The maximum absolute atomic E-state index is 13.2. The van der Waals surface area contributed by atoms with Crippen molar-refractivity contribution in [2.24, 2.45) is 0 Å². The van der Waals surface area contributed by atoms with Crippen LogP contribution in [-0.2, 0) is 42.9 Å². The Labute approximate surface area is 476 Å². The summed E-state index contributed by atoms with van der Waals surface area (Å²) >= 11 is 0. The molecule has 12 nitrogen and oxygen atoms in total. The molecule has 6 atom stereocenters. The molecule has 0 aromatic heterocycles. The van der Waals surface area contributed by atoms with E-state index in [9.17, 15) is 34.5 Å². The quantitative estimate of drug-likeness (QED) is 0.0228. The molecule has 1 aliphatic rings. The van der Waals surface area contributed by atoms with Gasteiger partial charge in [-0.25, -0.2) is 4.79 Å². The van der Waals surface area contributed by atoms with E-state index in [1.807, 2.05) is 18.2 Å². The summed E-state index contributed by atoms with van der Waals surface area (Å²) in [5, 5.41) is 31.5. The molecule has 1 rings (SSSR count). The fraction of sp³-hybridized carbons (Fsp3) is 0.582. The van der Waals surface area contributed by atoms with E-state index < -0.39 is 67.3 Å². The molecule has 0 radical (unpaired) electrons. The van der Waals surface area contributed by atoms with Crippen LogP contribution in [0.1, 0.15) is 201 Å². The van der Waals surface area contributed by atoms with Crippen molar-refractivity contribution >= 4 is 23.9 Å². The van der Waals surface area contributed by atoms with Gasteiger partial charge in [-0.15, -0.1) is 0 Å². The summed E-state index contributed by atoms with van der Waals surface area (Å²) in [6.07, 6.45) is 64.0. The number of esters is 3. The second-order valence-electron chi connectivity index (χ2n) is 19.5.